The fourth-order valence-corrected chi connectivity index (χ4v) is 4.70. The van der Waals surface area contributed by atoms with Gasteiger partial charge in [0.25, 0.3) is 0 Å². The lowest BCUT2D eigenvalue weighted by molar-refractivity contribution is 0.321. The van der Waals surface area contributed by atoms with Gasteiger partial charge in [-0.2, -0.15) is 4.31 Å². The number of nitrogens with zero attached hydrogens (tertiary/aromatic N) is 6. The van der Waals surface area contributed by atoms with Gasteiger partial charge in [-0.25, -0.2) is 27.8 Å². The molecule has 3 heterocycles. The van der Waals surface area contributed by atoms with Crippen molar-refractivity contribution in [2.24, 2.45) is 0 Å². The number of hydrogen-bond acceptors (Lipinski definition) is 7. The van der Waals surface area contributed by atoms with Crippen LogP contribution >= 0.6 is 0 Å². The first-order chi connectivity index (χ1) is 14.5. The van der Waals surface area contributed by atoms with Gasteiger partial charge < -0.3 is 9.64 Å². The molecule has 11 heteroatoms. The van der Waals surface area contributed by atoms with Gasteiger partial charge in [0.05, 0.1) is 11.5 Å². The second-order valence-corrected chi connectivity index (χ2v) is 8.56. The van der Waals surface area contributed by atoms with Crippen LogP contribution in [0.1, 0.15) is 6.92 Å². The third kappa shape index (κ3) is 3.98. The smallest absolute Gasteiger partial charge is 0.243 e. The number of piperazine rings is 1. The quantitative estimate of drug-likeness (QED) is 0.585. The third-order valence-corrected chi connectivity index (χ3v) is 6.71. The molecule has 1 saturated heterocycles. The molecule has 2 aromatic heterocycles. The first kappa shape index (κ1) is 20.2. The summed E-state index contributed by atoms with van der Waals surface area (Å²) >= 11 is 0. The van der Waals surface area contributed by atoms with E-state index >= 15 is 0 Å². The molecule has 9 nitrogen and oxygen atoms in total. The Hall–Kier alpha value is -3.05. The Labute approximate surface area is 173 Å². The molecule has 4 rings (SSSR count). The topological polar surface area (TPSA) is 93.5 Å². The predicted octanol–water partition coefficient (Wildman–Crippen LogP) is 1.71. The summed E-state index contributed by atoms with van der Waals surface area (Å²) in [5, 5.41) is 0. The summed E-state index contributed by atoms with van der Waals surface area (Å²) in [6, 6.07) is 5.56. The van der Waals surface area contributed by atoms with Crippen LogP contribution in [0, 0.1) is 5.82 Å². The molecular formula is C19H21FN6O3S. The largest absolute Gasteiger partial charge is 0.491 e. The van der Waals surface area contributed by atoms with Crippen molar-refractivity contribution < 1.29 is 17.5 Å². The zero-order valence-electron chi connectivity index (χ0n) is 16.3. The van der Waals surface area contributed by atoms with Crippen LogP contribution in [0.5, 0.6) is 5.75 Å². The Kier molecular flexibility index (Phi) is 5.64. The van der Waals surface area contributed by atoms with Crippen LogP contribution in [0.3, 0.4) is 0 Å². The highest BCUT2D eigenvalue weighted by Crippen LogP contribution is 2.25. The maximum Gasteiger partial charge on any atom is 0.243 e. The second kappa shape index (κ2) is 8.36. The Morgan fingerprint density at radius 3 is 2.53 bits per heavy atom. The number of anilines is 1. The molecule has 0 saturated carbocycles. The second-order valence-electron chi connectivity index (χ2n) is 6.62. The molecule has 0 radical (unpaired) electrons. The van der Waals surface area contributed by atoms with E-state index in [0.29, 0.717) is 31.3 Å². The predicted molar refractivity (Wildman–Crippen MR) is 108 cm³/mol. The van der Waals surface area contributed by atoms with E-state index in [2.05, 4.69) is 15.0 Å². The lowest BCUT2D eigenvalue weighted by Crippen LogP contribution is -2.49. The number of halogens is 1. The zero-order chi connectivity index (χ0) is 21.1. The molecule has 1 aromatic carbocycles. The van der Waals surface area contributed by atoms with Gasteiger partial charge in [0.15, 0.2) is 11.6 Å². The van der Waals surface area contributed by atoms with Crippen molar-refractivity contribution >= 4 is 15.8 Å². The van der Waals surface area contributed by atoms with Crippen molar-refractivity contribution in [3.05, 3.63) is 55.1 Å². The van der Waals surface area contributed by atoms with Gasteiger partial charge in [-0.1, -0.05) is 0 Å². The van der Waals surface area contributed by atoms with Crippen LogP contribution in [0.2, 0.25) is 0 Å². The van der Waals surface area contributed by atoms with Crippen molar-refractivity contribution in [2.45, 2.75) is 11.8 Å². The summed E-state index contributed by atoms with van der Waals surface area (Å²) in [7, 11) is -3.80. The average molecular weight is 432 g/mol. The molecule has 3 aromatic rings. The number of aromatic nitrogens is 4. The van der Waals surface area contributed by atoms with E-state index in [1.54, 1.807) is 30.2 Å². The van der Waals surface area contributed by atoms with Gasteiger partial charge in [0, 0.05) is 44.6 Å². The van der Waals surface area contributed by atoms with Gasteiger partial charge in [-0.3, -0.25) is 4.57 Å². The van der Waals surface area contributed by atoms with E-state index in [9.17, 15) is 12.8 Å². The van der Waals surface area contributed by atoms with Gasteiger partial charge in [-0.05, 0) is 25.1 Å². The van der Waals surface area contributed by atoms with Crippen LogP contribution in [-0.2, 0) is 10.0 Å². The van der Waals surface area contributed by atoms with E-state index in [1.165, 1.54) is 22.8 Å². The summed E-state index contributed by atoms with van der Waals surface area (Å²) in [6.45, 7) is 3.48. The lowest BCUT2D eigenvalue weighted by atomic mass is 10.3. The van der Waals surface area contributed by atoms with E-state index in [4.69, 9.17) is 4.74 Å². The van der Waals surface area contributed by atoms with Crippen molar-refractivity contribution in [2.75, 3.05) is 37.7 Å². The van der Waals surface area contributed by atoms with Crippen molar-refractivity contribution in [1.29, 1.82) is 0 Å². The van der Waals surface area contributed by atoms with Crippen LogP contribution in [0.15, 0.2) is 54.2 Å². The van der Waals surface area contributed by atoms with Gasteiger partial charge in [-0.15, -0.1) is 0 Å². The minimum absolute atomic E-state index is 0.0405. The van der Waals surface area contributed by atoms with Crippen molar-refractivity contribution in [3.8, 4) is 11.6 Å². The normalized spacial score (nSPS) is 15.3. The molecule has 0 bridgehead atoms. The summed E-state index contributed by atoms with van der Waals surface area (Å²) in [5.74, 6) is 0.735. The van der Waals surface area contributed by atoms with Gasteiger partial charge >= 0.3 is 0 Å². The third-order valence-electron chi connectivity index (χ3n) is 4.81. The fourth-order valence-electron chi connectivity index (χ4n) is 3.27. The molecule has 1 fully saturated rings. The number of hydrogen-bond donors (Lipinski definition) is 0. The Morgan fingerprint density at radius 2 is 1.87 bits per heavy atom. The molecule has 0 spiro atoms. The summed E-state index contributed by atoms with van der Waals surface area (Å²) in [5.41, 5.74) is 0. The van der Waals surface area contributed by atoms with E-state index in [-0.39, 0.29) is 23.7 Å². The Morgan fingerprint density at radius 1 is 1.10 bits per heavy atom. The Balaban J connectivity index is 1.47. The summed E-state index contributed by atoms with van der Waals surface area (Å²) < 4.78 is 48.3. The van der Waals surface area contributed by atoms with Crippen molar-refractivity contribution in [3.63, 3.8) is 0 Å². The maximum absolute atomic E-state index is 14.1. The molecule has 1 aliphatic rings. The lowest BCUT2D eigenvalue weighted by Gasteiger charge is -2.34. The van der Waals surface area contributed by atoms with E-state index < -0.39 is 15.8 Å². The molecule has 0 amide bonds. The van der Waals surface area contributed by atoms with Crippen LogP contribution in [-0.4, -0.2) is 65.0 Å². The number of imidazole rings is 1. The SMILES string of the molecule is CCOc1ccc(S(=O)(=O)N2CCN(c3cc(-n4ccnc4)ncn3)CC2)cc1F. The number of rotatable bonds is 6. The summed E-state index contributed by atoms with van der Waals surface area (Å²) in [6.07, 6.45) is 6.56. The molecular weight excluding hydrogens is 411 g/mol. The van der Waals surface area contributed by atoms with Gasteiger partial charge in [0.1, 0.15) is 24.3 Å². The van der Waals surface area contributed by atoms with Gasteiger partial charge in [0.2, 0.25) is 10.0 Å². The highest BCUT2D eigenvalue weighted by Gasteiger charge is 2.29. The minimum atomic E-state index is -3.80. The first-order valence-electron chi connectivity index (χ1n) is 9.47. The number of sulfonamides is 1. The monoisotopic (exact) mass is 432 g/mol. The first-order valence-corrected chi connectivity index (χ1v) is 10.9. The van der Waals surface area contributed by atoms with Crippen molar-refractivity contribution in [1.82, 2.24) is 23.8 Å². The molecule has 0 N–H and O–H groups in total. The highest BCUT2D eigenvalue weighted by atomic mass is 32.2. The maximum atomic E-state index is 14.1. The minimum Gasteiger partial charge on any atom is -0.491 e. The van der Waals surface area contributed by atoms with Crippen LogP contribution in [0.25, 0.3) is 5.82 Å². The number of benzene rings is 1. The molecule has 1 aliphatic heterocycles. The molecule has 0 atom stereocenters. The van der Waals surface area contributed by atoms with E-state index in [0.717, 1.165) is 6.07 Å². The standard InChI is InChI=1S/C19H21FN6O3S/c1-2-29-17-4-3-15(11-16(17)20)30(27,28)26-9-7-24(8-10-26)18-12-19(23-13-22-18)25-6-5-21-14-25/h3-6,11-14H,2,7-10H2,1H3. The van der Waals surface area contributed by atoms with E-state index in [1.807, 2.05) is 11.0 Å². The molecule has 158 valence electrons. The molecule has 0 unspecified atom stereocenters. The zero-order valence-corrected chi connectivity index (χ0v) is 17.2. The van der Waals surface area contributed by atoms with Crippen LogP contribution < -0.4 is 9.64 Å². The highest BCUT2D eigenvalue weighted by molar-refractivity contribution is 7.89. The molecule has 30 heavy (non-hydrogen) atoms. The Bertz CT molecular complexity index is 1120. The number of ether oxygens (including phenoxy) is 1. The molecule has 0 aliphatic carbocycles. The summed E-state index contributed by atoms with van der Waals surface area (Å²) in [4.78, 5) is 14.5. The fraction of sp³-hybridized carbons (Fsp3) is 0.316. The van der Waals surface area contributed by atoms with Crippen LogP contribution in [0.4, 0.5) is 10.2 Å². The average Bonchev–Trinajstić information content (AvgIpc) is 3.30.